The lowest BCUT2D eigenvalue weighted by Gasteiger charge is -2.04. The van der Waals surface area contributed by atoms with Gasteiger partial charge in [0.05, 0.1) is 0 Å². The van der Waals surface area contributed by atoms with Crippen molar-refractivity contribution in [3.05, 3.63) is 23.3 Å². The Morgan fingerprint density at radius 3 is 2.58 bits per heavy atom. The third-order valence-corrected chi connectivity index (χ3v) is 1.83. The summed E-state index contributed by atoms with van der Waals surface area (Å²) in [7, 11) is 0. The minimum atomic E-state index is 0.478. The van der Waals surface area contributed by atoms with Crippen LogP contribution in [0.2, 0.25) is 0 Å². The van der Waals surface area contributed by atoms with Gasteiger partial charge in [0.1, 0.15) is 5.82 Å². The minimum absolute atomic E-state index is 0.478. The first-order chi connectivity index (χ1) is 5.58. The van der Waals surface area contributed by atoms with Crippen molar-refractivity contribution >= 4 is 15.9 Å². The van der Waals surface area contributed by atoms with Crippen LogP contribution in [0.25, 0.3) is 0 Å². The molecule has 0 amide bonds. The zero-order valence-corrected chi connectivity index (χ0v) is 9.22. The Balaban J connectivity index is 2.85. The molecule has 0 aliphatic heterocycles. The van der Waals surface area contributed by atoms with Gasteiger partial charge in [0.25, 0.3) is 0 Å². The van der Waals surface area contributed by atoms with Crippen LogP contribution in [0.3, 0.4) is 0 Å². The fourth-order valence-corrected chi connectivity index (χ4v) is 1.52. The van der Waals surface area contributed by atoms with E-state index in [4.69, 9.17) is 0 Å². The zero-order valence-electron chi connectivity index (χ0n) is 7.63. The standard InChI is InChI=1S/C9H13BrN2/c1-6(10)4-9-5-7(2)11-8(3)12-9/h5-6H,4H2,1-3H3. The quantitative estimate of drug-likeness (QED) is 0.728. The Morgan fingerprint density at radius 2 is 2.08 bits per heavy atom. The molecule has 0 spiro atoms. The van der Waals surface area contributed by atoms with Gasteiger partial charge in [-0.2, -0.15) is 0 Å². The van der Waals surface area contributed by atoms with Crippen LogP contribution < -0.4 is 0 Å². The molecule has 0 N–H and O–H groups in total. The molecule has 0 saturated carbocycles. The fourth-order valence-electron chi connectivity index (χ4n) is 1.19. The number of hydrogen-bond acceptors (Lipinski definition) is 2. The van der Waals surface area contributed by atoms with Gasteiger partial charge in [-0.15, -0.1) is 0 Å². The second-order valence-electron chi connectivity index (χ2n) is 3.03. The van der Waals surface area contributed by atoms with Crippen molar-refractivity contribution in [2.75, 3.05) is 0 Å². The van der Waals surface area contributed by atoms with Crippen molar-refractivity contribution in [3.63, 3.8) is 0 Å². The van der Waals surface area contributed by atoms with Crippen molar-refractivity contribution in [2.45, 2.75) is 32.0 Å². The average molecular weight is 229 g/mol. The zero-order chi connectivity index (χ0) is 9.14. The molecule has 1 aromatic rings. The molecule has 0 aliphatic carbocycles. The SMILES string of the molecule is Cc1cc(CC(C)Br)nc(C)n1. The van der Waals surface area contributed by atoms with E-state index in [0.29, 0.717) is 4.83 Å². The molecule has 0 aromatic carbocycles. The van der Waals surface area contributed by atoms with Gasteiger partial charge in [-0.1, -0.05) is 22.9 Å². The molecule has 0 fully saturated rings. The van der Waals surface area contributed by atoms with Crippen LogP contribution in [-0.4, -0.2) is 14.8 Å². The molecule has 1 unspecified atom stereocenters. The third kappa shape index (κ3) is 2.89. The maximum atomic E-state index is 4.33. The number of halogens is 1. The summed E-state index contributed by atoms with van der Waals surface area (Å²) in [5, 5.41) is 0. The number of aryl methyl sites for hydroxylation is 2. The highest BCUT2D eigenvalue weighted by atomic mass is 79.9. The van der Waals surface area contributed by atoms with Crippen LogP contribution in [0, 0.1) is 13.8 Å². The average Bonchev–Trinajstić information content (AvgIpc) is 1.81. The first-order valence-electron chi connectivity index (χ1n) is 4.03. The molecule has 66 valence electrons. The van der Waals surface area contributed by atoms with Crippen LogP contribution >= 0.6 is 15.9 Å². The molecular weight excluding hydrogens is 216 g/mol. The highest BCUT2D eigenvalue weighted by Crippen LogP contribution is 2.08. The largest absolute Gasteiger partial charge is 0.239 e. The second kappa shape index (κ2) is 3.99. The predicted octanol–water partition coefficient (Wildman–Crippen LogP) is 2.42. The van der Waals surface area contributed by atoms with Gasteiger partial charge in [0.2, 0.25) is 0 Å². The highest BCUT2D eigenvalue weighted by Gasteiger charge is 2.02. The summed E-state index contributed by atoms with van der Waals surface area (Å²) in [5.41, 5.74) is 2.16. The smallest absolute Gasteiger partial charge is 0.125 e. The summed E-state index contributed by atoms with van der Waals surface area (Å²) < 4.78 is 0. The van der Waals surface area contributed by atoms with Crippen molar-refractivity contribution in [3.8, 4) is 0 Å². The van der Waals surface area contributed by atoms with Gasteiger partial charge < -0.3 is 0 Å². The lowest BCUT2D eigenvalue weighted by atomic mass is 10.2. The summed E-state index contributed by atoms with van der Waals surface area (Å²) >= 11 is 3.50. The molecular formula is C9H13BrN2. The van der Waals surface area contributed by atoms with E-state index >= 15 is 0 Å². The number of rotatable bonds is 2. The number of nitrogens with zero attached hydrogens (tertiary/aromatic N) is 2. The maximum absolute atomic E-state index is 4.33. The molecule has 3 heteroatoms. The van der Waals surface area contributed by atoms with Gasteiger partial charge >= 0.3 is 0 Å². The Labute approximate surface area is 81.6 Å². The Hall–Kier alpha value is -0.440. The fraction of sp³-hybridized carbons (Fsp3) is 0.556. The topological polar surface area (TPSA) is 25.8 Å². The van der Waals surface area contributed by atoms with Crippen molar-refractivity contribution < 1.29 is 0 Å². The summed E-state index contributed by atoms with van der Waals surface area (Å²) in [5.74, 6) is 0.859. The van der Waals surface area contributed by atoms with E-state index in [9.17, 15) is 0 Å². The van der Waals surface area contributed by atoms with E-state index in [0.717, 1.165) is 23.6 Å². The molecule has 0 saturated heterocycles. The molecule has 1 heterocycles. The second-order valence-corrected chi connectivity index (χ2v) is 4.60. The first kappa shape index (κ1) is 9.65. The van der Waals surface area contributed by atoms with E-state index in [1.807, 2.05) is 19.9 Å². The van der Waals surface area contributed by atoms with Gasteiger partial charge in [-0.25, -0.2) is 9.97 Å². The van der Waals surface area contributed by atoms with Crippen LogP contribution in [0.1, 0.15) is 24.1 Å². The Morgan fingerprint density at radius 1 is 1.42 bits per heavy atom. The first-order valence-corrected chi connectivity index (χ1v) is 4.94. The minimum Gasteiger partial charge on any atom is -0.239 e. The Kier molecular flexibility index (Phi) is 3.20. The molecule has 1 rings (SSSR count). The summed E-state index contributed by atoms with van der Waals surface area (Å²) in [4.78, 5) is 9.03. The van der Waals surface area contributed by atoms with Crippen molar-refractivity contribution in [2.24, 2.45) is 0 Å². The van der Waals surface area contributed by atoms with E-state index < -0.39 is 0 Å². The normalized spacial score (nSPS) is 13.0. The lowest BCUT2D eigenvalue weighted by molar-refractivity contribution is 0.869. The maximum Gasteiger partial charge on any atom is 0.125 e. The predicted molar refractivity (Wildman–Crippen MR) is 53.6 cm³/mol. The summed E-state index contributed by atoms with van der Waals surface area (Å²) in [6.45, 7) is 6.04. The lowest BCUT2D eigenvalue weighted by Crippen LogP contribution is -2.02. The summed E-state index contributed by atoms with van der Waals surface area (Å²) in [6, 6.07) is 2.03. The third-order valence-electron chi connectivity index (χ3n) is 1.51. The molecule has 1 aromatic heterocycles. The number of alkyl halides is 1. The number of aromatic nitrogens is 2. The van der Waals surface area contributed by atoms with E-state index in [1.54, 1.807) is 0 Å². The Bertz CT molecular complexity index is 251. The van der Waals surface area contributed by atoms with Gasteiger partial charge in [-0.3, -0.25) is 0 Å². The van der Waals surface area contributed by atoms with Crippen LogP contribution in [0.15, 0.2) is 6.07 Å². The number of hydrogen-bond donors (Lipinski definition) is 0. The monoisotopic (exact) mass is 228 g/mol. The molecule has 0 bridgehead atoms. The van der Waals surface area contributed by atoms with E-state index in [1.165, 1.54) is 0 Å². The van der Waals surface area contributed by atoms with Gasteiger partial charge in [-0.05, 0) is 19.9 Å². The van der Waals surface area contributed by atoms with Crippen LogP contribution in [-0.2, 0) is 6.42 Å². The van der Waals surface area contributed by atoms with Gasteiger partial charge in [0.15, 0.2) is 0 Å². The van der Waals surface area contributed by atoms with Crippen LogP contribution in [0.4, 0.5) is 0 Å². The molecule has 1 atom stereocenters. The van der Waals surface area contributed by atoms with Crippen LogP contribution in [0.5, 0.6) is 0 Å². The van der Waals surface area contributed by atoms with Crippen molar-refractivity contribution in [1.82, 2.24) is 9.97 Å². The van der Waals surface area contributed by atoms with Gasteiger partial charge in [0, 0.05) is 22.6 Å². The molecule has 2 nitrogen and oxygen atoms in total. The van der Waals surface area contributed by atoms with Crippen molar-refractivity contribution in [1.29, 1.82) is 0 Å². The van der Waals surface area contributed by atoms with E-state index in [-0.39, 0.29) is 0 Å². The highest BCUT2D eigenvalue weighted by molar-refractivity contribution is 9.09. The summed E-state index contributed by atoms with van der Waals surface area (Å²) in [6.07, 6.45) is 0.962. The van der Waals surface area contributed by atoms with E-state index in [2.05, 4.69) is 32.8 Å². The molecule has 0 radical (unpaired) electrons. The molecule has 12 heavy (non-hydrogen) atoms. The molecule has 0 aliphatic rings.